The molecule has 18 heavy (non-hydrogen) atoms. The number of alkyl halides is 1. The fraction of sp³-hybridized carbons (Fsp3) is 0.462. The summed E-state index contributed by atoms with van der Waals surface area (Å²) in [6, 6.07) is 1.52. The molecule has 0 bridgehead atoms. The van der Waals surface area contributed by atoms with E-state index in [0.29, 0.717) is 18.4 Å². The molecule has 0 saturated carbocycles. The number of fused-ring (bicyclic) bond motifs is 1. The molecule has 0 radical (unpaired) electrons. The largest absolute Gasteiger partial charge is 0.506 e. The van der Waals surface area contributed by atoms with Gasteiger partial charge in [0.1, 0.15) is 10.8 Å². The second kappa shape index (κ2) is 4.59. The van der Waals surface area contributed by atoms with Gasteiger partial charge >= 0.3 is 0 Å². The minimum absolute atomic E-state index is 0.0342. The van der Waals surface area contributed by atoms with Gasteiger partial charge in [0.05, 0.1) is 5.02 Å². The van der Waals surface area contributed by atoms with Crippen molar-refractivity contribution < 1.29 is 9.90 Å². The van der Waals surface area contributed by atoms with Gasteiger partial charge in [0.15, 0.2) is 5.78 Å². The third-order valence-electron chi connectivity index (χ3n) is 3.36. The van der Waals surface area contributed by atoms with Crippen molar-refractivity contribution in [1.82, 2.24) is 0 Å². The van der Waals surface area contributed by atoms with Crippen molar-refractivity contribution in [3.8, 4) is 5.75 Å². The number of halogens is 3. The number of rotatable bonds is 2. The first-order valence-electron chi connectivity index (χ1n) is 5.65. The summed E-state index contributed by atoms with van der Waals surface area (Å²) in [6.07, 6.45) is 1.10. The second-order valence-corrected chi connectivity index (χ2v) is 6.61. The van der Waals surface area contributed by atoms with E-state index in [4.69, 9.17) is 34.8 Å². The predicted octanol–water partition coefficient (Wildman–Crippen LogP) is 4.46. The lowest BCUT2D eigenvalue weighted by Crippen LogP contribution is -2.26. The van der Waals surface area contributed by atoms with E-state index in [2.05, 4.69) is 0 Å². The first-order chi connectivity index (χ1) is 8.26. The minimum atomic E-state index is -0.565. The fourth-order valence-corrected chi connectivity index (χ4v) is 3.43. The van der Waals surface area contributed by atoms with Gasteiger partial charge < -0.3 is 5.11 Å². The Morgan fingerprint density at radius 1 is 1.44 bits per heavy atom. The molecule has 1 N–H and O–H groups in total. The topological polar surface area (TPSA) is 37.3 Å². The Balaban J connectivity index is 2.52. The van der Waals surface area contributed by atoms with Crippen LogP contribution in [0.2, 0.25) is 10.0 Å². The highest BCUT2D eigenvalue weighted by atomic mass is 35.5. The van der Waals surface area contributed by atoms with Gasteiger partial charge in [0.25, 0.3) is 0 Å². The van der Waals surface area contributed by atoms with Crippen molar-refractivity contribution >= 4 is 40.6 Å². The Hall–Kier alpha value is -0.440. The lowest BCUT2D eigenvalue weighted by Gasteiger charge is -2.23. The number of carbonyl (C=O) groups excluding carboxylic acids is 1. The number of hydrogen-bond donors (Lipinski definition) is 1. The van der Waals surface area contributed by atoms with E-state index in [1.807, 2.05) is 13.8 Å². The first-order valence-corrected chi connectivity index (χ1v) is 6.84. The molecule has 0 heterocycles. The van der Waals surface area contributed by atoms with Crippen molar-refractivity contribution in [1.29, 1.82) is 0 Å². The fourth-order valence-electron chi connectivity index (χ4n) is 2.64. The zero-order valence-corrected chi connectivity index (χ0v) is 12.3. The molecule has 0 saturated heterocycles. The van der Waals surface area contributed by atoms with Crippen molar-refractivity contribution in [2.75, 3.05) is 0 Å². The van der Waals surface area contributed by atoms with Crippen LogP contribution in [0, 0.1) is 5.41 Å². The molecule has 2 nitrogen and oxygen atoms in total. The lowest BCUT2D eigenvalue weighted by atomic mass is 9.81. The Labute approximate surface area is 121 Å². The van der Waals surface area contributed by atoms with Crippen LogP contribution in [0.1, 0.15) is 36.2 Å². The van der Waals surface area contributed by atoms with Gasteiger partial charge in [-0.15, -0.1) is 11.6 Å². The van der Waals surface area contributed by atoms with Crippen LogP contribution in [0.5, 0.6) is 5.75 Å². The second-order valence-electron chi connectivity index (χ2n) is 5.11. The molecule has 98 valence electrons. The van der Waals surface area contributed by atoms with Crippen LogP contribution < -0.4 is 0 Å². The van der Waals surface area contributed by atoms with Crippen LogP contribution in [-0.4, -0.2) is 16.3 Å². The highest BCUT2D eigenvalue weighted by molar-refractivity contribution is 6.45. The molecular weight excluding hydrogens is 295 g/mol. The van der Waals surface area contributed by atoms with E-state index in [1.165, 1.54) is 6.07 Å². The summed E-state index contributed by atoms with van der Waals surface area (Å²) in [6.45, 7) is 3.73. The maximum Gasteiger partial charge on any atom is 0.170 e. The highest BCUT2D eigenvalue weighted by Gasteiger charge is 2.44. The Bertz CT molecular complexity index is 525. The third kappa shape index (κ3) is 2.11. The Kier molecular flexibility index (Phi) is 3.56. The van der Waals surface area contributed by atoms with Gasteiger partial charge in [-0.3, -0.25) is 4.79 Å². The summed E-state index contributed by atoms with van der Waals surface area (Å²) in [5.74, 6) is -0.131. The zero-order valence-electron chi connectivity index (χ0n) is 10.1. The predicted molar refractivity (Wildman–Crippen MR) is 74.2 cm³/mol. The van der Waals surface area contributed by atoms with Crippen molar-refractivity contribution in [3.05, 3.63) is 27.2 Å². The molecule has 0 amide bonds. The average Bonchev–Trinajstić information content (AvgIpc) is 2.47. The number of ketones is 1. The lowest BCUT2D eigenvalue weighted by molar-refractivity contribution is 0.0830. The van der Waals surface area contributed by atoms with E-state index in [0.717, 1.165) is 5.56 Å². The number of hydrogen-bond acceptors (Lipinski definition) is 2. The van der Waals surface area contributed by atoms with E-state index in [-0.39, 0.29) is 27.0 Å². The van der Waals surface area contributed by atoms with Crippen molar-refractivity contribution in [2.45, 2.75) is 32.1 Å². The number of benzene rings is 1. The van der Waals surface area contributed by atoms with Crippen molar-refractivity contribution in [3.63, 3.8) is 0 Å². The molecule has 2 rings (SSSR count). The van der Waals surface area contributed by atoms with Crippen LogP contribution in [0.4, 0.5) is 0 Å². The summed E-state index contributed by atoms with van der Waals surface area (Å²) in [4.78, 5) is 12.5. The van der Waals surface area contributed by atoms with Crippen LogP contribution in [0.15, 0.2) is 6.07 Å². The monoisotopic (exact) mass is 306 g/mol. The molecule has 0 aliphatic heterocycles. The molecule has 1 aliphatic carbocycles. The van der Waals surface area contributed by atoms with Gasteiger partial charge in [-0.05, 0) is 31.4 Å². The smallest absolute Gasteiger partial charge is 0.170 e. The summed E-state index contributed by atoms with van der Waals surface area (Å²) >= 11 is 17.9. The number of Topliss-reactive ketones (excluding diaryl/α,β-unsaturated/α-hetero) is 1. The molecule has 0 spiro atoms. The van der Waals surface area contributed by atoms with Gasteiger partial charge in [-0.1, -0.05) is 30.1 Å². The molecular formula is C13H13Cl3O2. The maximum absolute atomic E-state index is 12.5. The van der Waals surface area contributed by atoms with E-state index >= 15 is 0 Å². The van der Waals surface area contributed by atoms with Gasteiger partial charge in [-0.25, -0.2) is 0 Å². The highest BCUT2D eigenvalue weighted by Crippen LogP contribution is 2.47. The molecule has 5 heteroatoms. The number of phenols is 1. The SMILES string of the molecule is CC(Cl)CC1(C)Cc2cc(O)c(Cl)c(Cl)c2C1=O. The van der Waals surface area contributed by atoms with E-state index in [9.17, 15) is 9.90 Å². The minimum Gasteiger partial charge on any atom is -0.506 e. The quantitative estimate of drug-likeness (QED) is 0.819. The maximum atomic E-state index is 12.5. The summed E-state index contributed by atoms with van der Waals surface area (Å²) in [5, 5.41) is 9.72. The molecule has 1 aromatic carbocycles. The molecule has 2 unspecified atom stereocenters. The molecule has 2 atom stereocenters. The zero-order chi connectivity index (χ0) is 13.7. The number of aromatic hydroxyl groups is 1. The Morgan fingerprint density at radius 3 is 2.61 bits per heavy atom. The van der Waals surface area contributed by atoms with Crippen molar-refractivity contribution in [2.24, 2.45) is 5.41 Å². The van der Waals surface area contributed by atoms with E-state index < -0.39 is 5.41 Å². The standard InChI is InChI=1S/C13H13Cl3O2/c1-6(14)4-13(2)5-7-3-8(17)10(15)11(16)9(7)12(13)18/h3,6,17H,4-5H2,1-2H3. The summed E-state index contributed by atoms with van der Waals surface area (Å²) in [5.41, 5.74) is 0.607. The van der Waals surface area contributed by atoms with Gasteiger partial charge in [0.2, 0.25) is 0 Å². The van der Waals surface area contributed by atoms with Gasteiger partial charge in [0, 0.05) is 16.4 Å². The Morgan fingerprint density at radius 2 is 2.06 bits per heavy atom. The normalized spacial score (nSPS) is 24.2. The first kappa shape index (κ1) is 14.0. The number of carbonyl (C=O) groups is 1. The average molecular weight is 308 g/mol. The molecule has 0 aromatic heterocycles. The number of phenolic OH excluding ortho intramolecular Hbond substituents is 1. The van der Waals surface area contributed by atoms with Gasteiger partial charge in [-0.2, -0.15) is 0 Å². The molecule has 0 fully saturated rings. The molecule has 1 aliphatic rings. The van der Waals surface area contributed by atoms with Crippen LogP contribution in [-0.2, 0) is 6.42 Å². The van der Waals surface area contributed by atoms with Crippen LogP contribution in [0.25, 0.3) is 0 Å². The third-order valence-corrected chi connectivity index (χ3v) is 4.37. The van der Waals surface area contributed by atoms with Crippen LogP contribution >= 0.6 is 34.8 Å². The summed E-state index contributed by atoms with van der Waals surface area (Å²) < 4.78 is 0. The van der Waals surface area contributed by atoms with Crippen LogP contribution in [0.3, 0.4) is 0 Å². The summed E-state index contributed by atoms with van der Waals surface area (Å²) in [7, 11) is 0. The van der Waals surface area contributed by atoms with E-state index in [1.54, 1.807) is 0 Å². The molecule has 1 aromatic rings.